The summed E-state index contributed by atoms with van der Waals surface area (Å²) in [5.41, 5.74) is 5.69. The smallest absolute Gasteiger partial charge is 0.0845 e. The highest BCUT2D eigenvalue weighted by atomic mass is 16.3. The van der Waals surface area contributed by atoms with Crippen LogP contribution in [-0.2, 0) is 19.4 Å². The first-order chi connectivity index (χ1) is 11.7. The first kappa shape index (κ1) is 16.2. The van der Waals surface area contributed by atoms with Crippen LogP contribution in [0.5, 0.6) is 0 Å². The zero-order valence-electron chi connectivity index (χ0n) is 14.9. The number of fused-ring (bicyclic) bond motifs is 3. The number of likely N-dealkylation sites (tertiary alicyclic amines) is 1. The maximum Gasteiger partial charge on any atom is 0.0845 e. The average Bonchev–Trinajstić information content (AvgIpc) is 2.89. The minimum atomic E-state index is -0.272. The van der Waals surface area contributed by atoms with E-state index in [4.69, 9.17) is 0 Å². The molecule has 1 aliphatic carbocycles. The van der Waals surface area contributed by atoms with E-state index in [9.17, 15) is 5.11 Å². The van der Waals surface area contributed by atoms with Crippen molar-refractivity contribution in [2.75, 3.05) is 19.6 Å². The van der Waals surface area contributed by atoms with Gasteiger partial charge in [-0.3, -0.25) is 0 Å². The molecule has 0 saturated carbocycles. The van der Waals surface area contributed by atoms with E-state index in [0.717, 1.165) is 26.2 Å². The Bertz CT molecular complexity index is 712. The maximum absolute atomic E-state index is 10.7. The Hall–Kier alpha value is -1.32. The standard InChI is InChI=1S/C21H30N2O/c1-16-9-10-21-19(13-16)18-7-3-4-8-20(18)23(21)15-17(24)14-22-11-5-2-6-12-22/h9-10,13,17,24H,2-8,11-12,14-15H2,1H3/t17-/m0/s1. The number of nitrogens with zero attached hydrogens (tertiary/aromatic N) is 2. The van der Waals surface area contributed by atoms with Crippen molar-refractivity contribution in [1.82, 2.24) is 9.47 Å². The number of aliphatic hydroxyl groups is 1. The van der Waals surface area contributed by atoms with Gasteiger partial charge in [-0.05, 0) is 76.2 Å². The molecule has 0 spiro atoms. The van der Waals surface area contributed by atoms with E-state index in [1.807, 2.05) is 0 Å². The first-order valence-electron chi connectivity index (χ1n) is 9.73. The summed E-state index contributed by atoms with van der Waals surface area (Å²) in [5.74, 6) is 0. The highest BCUT2D eigenvalue weighted by molar-refractivity contribution is 5.86. The largest absolute Gasteiger partial charge is 0.390 e. The fourth-order valence-corrected chi connectivity index (χ4v) is 4.67. The summed E-state index contributed by atoms with van der Waals surface area (Å²) in [5, 5.41) is 12.2. The summed E-state index contributed by atoms with van der Waals surface area (Å²) in [6, 6.07) is 6.81. The lowest BCUT2D eigenvalue weighted by atomic mass is 9.95. The number of rotatable bonds is 4. The number of hydrogen-bond donors (Lipinski definition) is 1. The van der Waals surface area contributed by atoms with Gasteiger partial charge in [-0.1, -0.05) is 18.1 Å². The lowest BCUT2D eigenvalue weighted by Gasteiger charge is -2.29. The van der Waals surface area contributed by atoms with Gasteiger partial charge in [-0.25, -0.2) is 0 Å². The molecule has 2 aromatic rings. The molecule has 0 amide bonds. The molecule has 130 valence electrons. The quantitative estimate of drug-likeness (QED) is 0.928. The zero-order valence-corrected chi connectivity index (χ0v) is 14.9. The minimum Gasteiger partial charge on any atom is -0.390 e. The summed E-state index contributed by atoms with van der Waals surface area (Å²) in [4.78, 5) is 2.44. The van der Waals surface area contributed by atoms with Gasteiger partial charge in [0.1, 0.15) is 0 Å². The molecule has 4 rings (SSSR count). The van der Waals surface area contributed by atoms with Gasteiger partial charge in [0, 0.05) is 23.1 Å². The predicted molar refractivity (Wildman–Crippen MR) is 99.6 cm³/mol. The monoisotopic (exact) mass is 326 g/mol. The number of β-amino-alcohol motifs (C(OH)–C–C–N with tert-alkyl or cyclic N) is 1. The fraction of sp³-hybridized carbons (Fsp3) is 0.619. The van der Waals surface area contributed by atoms with Crippen molar-refractivity contribution in [3.8, 4) is 0 Å². The Kier molecular flexibility index (Phi) is 4.64. The Morgan fingerprint density at radius 3 is 2.62 bits per heavy atom. The second-order valence-corrected chi connectivity index (χ2v) is 7.78. The van der Waals surface area contributed by atoms with Crippen molar-refractivity contribution in [3.05, 3.63) is 35.0 Å². The van der Waals surface area contributed by atoms with Crippen LogP contribution in [0.15, 0.2) is 18.2 Å². The molecule has 0 radical (unpaired) electrons. The predicted octanol–water partition coefficient (Wildman–Crippen LogP) is 3.68. The normalized spacial score (nSPS) is 20.2. The summed E-state index contributed by atoms with van der Waals surface area (Å²) in [6.45, 7) is 6.05. The zero-order chi connectivity index (χ0) is 16.5. The third kappa shape index (κ3) is 3.12. The van der Waals surface area contributed by atoms with E-state index in [1.165, 1.54) is 67.1 Å². The van der Waals surface area contributed by atoms with Crippen LogP contribution in [-0.4, -0.2) is 40.3 Å². The molecule has 0 bridgehead atoms. The van der Waals surface area contributed by atoms with Gasteiger partial charge in [0.2, 0.25) is 0 Å². The Morgan fingerprint density at radius 1 is 1.00 bits per heavy atom. The van der Waals surface area contributed by atoms with Crippen LogP contribution >= 0.6 is 0 Å². The molecule has 1 atom stereocenters. The van der Waals surface area contributed by atoms with Crippen LogP contribution in [0.3, 0.4) is 0 Å². The highest BCUT2D eigenvalue weighted by Gasteiger charge is 2.22. The molecule has 24 heavy (non-hydrogen) atoms. The molecule has 1 saturated heterocycles. The summed E-state index contributed by atoms with van der Waals surface area (Å²) in [7, 11) is 0. The van der Waals surface area contributed by atoms with Crippen LogP contribution < -0.4 is 0 Å². The minimum absolute atomic E-state index is 0.272. The summed E-state index contributed by atoms with van der Waals surface area (Å²) < 4.78 is 2.43. The first-order valence-corrected chi connectivity index (χ1v) is 9.73. The molecular formula is C21H30N2O. The van der Waals surface area contributed by atoms with Crippen LogP contribution in [0.4, 0.5) is 0 Å². The van der Waals surface area contributed by atoms with Crippen LogP contribution in [0.2, 0.25) is 0 Å². The van der Waals surface area contributed by atoms with Gasteiger partial charge in [0.15, 0.2) is 0 Å². The molecule has 2 aliphatic rings. The molecule has 0 unspecified atom stereocenters. The third-order valence-electron chi connectivity index (χ3n) is 5.84. The van der Waals surface area contributed by atoms with Crippen molar-refractivity contribution in [1.29, 1.82) is 0 Å². The second-order valence-electron chi connectivity index (χ2n) is 7.78. The lowest BCUT2D eigenvalue weighted by Crippen LogP contribution is -2.38. The molecule has 3 nitrogen and oxygen atoms in total. The van der Waals surface area contributed by atoms with Crippen molar-refractivity contribution < 1.29 is 5.11 Å². The SMILES string of the molecule is Cc1ccc2c(c1)c1c(n2C[C@@H](O)CN2CCCCC2)CCCC1. The molecule has 2 heterocycles. The third-order valence-corrected chi connectivity index (χ3v) is 5.84. The number of benzene rings is 1. The fourth-order valence-electron chi connectivity index (χ4n) is 4.67. The van der Waals surface area contributed by atoms with Crippen molar-refractivity contribution >= 4 is 10.9 Å². The van der Waals surface area contributed by atoms with Crippen LogP contribution in [0.1, 0.15) is 48.9 Å². The Morgan fingerprint density at radius 2 is 1.79 bits per heavy atom. The van der Waals surface area contributed by atoms with E-state index < -0.39 is 0 Å². The van der Waals surface area contributed by atoms with Crippen molar-refractivity contribution in [2.45, 2.75) is 64.5 Å². The number of aryl methyl sites for hydroxylation is 2. The average molecular weight is 326 g/mol. The van der Waals surface area contributed by atoms with Crippen molar-refractivity contribution in [2.24, 2.45) is 0 Å². The molecular weight excluding hydrogens is 296 g/mol. The van der Waals surface area contributed by atoms with Gasteiger partial charge in [-0.2, -0.15) is 0 Å². The van der Waals surface area contributed by atoms with Gasteiger partial charge in [0.05, 0.1) is 12.6 Å². The number of hydrogen-bond acceptors (Lipinski definition) is 2. The van der Waals surface area contributed by atoms with E-state index >= 15 is 0 Å². The maximum atomic E-state index is 10.7. The highest BCUT2D eigenvalue weighted by Crippen LogP contribution is 2.33. The molecule has 1 aromatic carbocycles. The van der Waals surface area contributed by atoms with Crippen molar-refractivity contribution in [3.63, 3.8) is 0 Å². The molecule has 1 N–H and O–H groups in total. The Balaban J connectivity index is 1.61. The van der Waals surface area contributed by atoms with E-state index in [1.54, 1.807) is 5.56 Å². The summed E-state index contributed by atoms with van der Waals surface area (Å²) in [6.07, 6.45) is 8.60. The molecule has 1 fully saturated rings. The van der Waals surface area contributed by atoms with E-state index in [-0.39, 0.29) is 6.10 Å². The second kappa shape index (κ2) is 6.89. The summed E-state index contributed by atoms with van der Waals surface area (Å²) >= 11 is 0. The topological polar surface area (TPSA) is 28.4 Å². The Labute approximate surface area is 145 Å². The number of aromatic nitrogens is 1. The molecule has 3 heteroatoms. The number of aliphatic hydroxyl groups excluding tert-OH is 1. The van der Waals surface area contributed by atoms with Crippen LogP contribution in [0, 0.1) is 6.92 Å². The van der Waals surface area contributed by atoms with Gasteiger partial charge in [-0.15, -0.1) is 0 Å². The molecule has 1 aliphatic heterocycles. The number of piperidine rings is 1. The lowest BCUT2D eigenvalue weighted by molar-refractivity contribution is 0.0886. The van der Waals surface area contributed by atoms with E-state index in [0.29, 0.717) is 0 Å². The van der Waals surface area contributed by atoms with Gasteiger partial charge >= 0.3 is 0 Å². The molecule has 1 aromatic heterocycles. The van der Waals surface area contributed by atoms with Gasteiger partial charge < -0.3 is 14.6 Å². The van der Waals surface area contributed by atoms with E-state index in [2.05, 4.69) is 34.6 Å². The van der Waals surface area contributed by atoms with Gasteiger partial charge in [0.25, 0.3) is 0 Å². The van der Waals surface area contributed by atoms with Crippen LogP contribution in [0.25, 0.3) is 10.9 Å².